The molecular formula is C16H19ClFNO2. The maximum Gasteiger partial charge on any atom is 0.252 e. The monoisotopic (exact) mass is 311 g/mol. The molecule has 1 amide bonds. The van der Waals surface area contributed by atoms with Crippen LogP contribution in [0.2, 0.25) is 5.02 Å². The smallest absolute Gasteiger partial charge is 0.252 e. The number of benzene rings is 1. The van der Waals surface area contributed by atoms with Crippen molar-refractivity contribution in [3.05, 3.63) is 34.6 Å². The molecule has 5 heteroatoms. The van der Waals surface area contributed by atoms with Crippen LogP contribution in [0.15, 0.2) is 18.2 Å². The van der Waals surface area contributed by atoms with Gasteiger partial charge >= 0.3 is 0 Å². The third kappa shape index (κ3) is 3.38. The molecule has 3 nitrogen and oxygen atoms in total. The van der Waals surface area contributed by atoms with Gasteiger partial charge in [0.15, 0.2) is 0 Å². The minimum Gasteiger partial charge on any atom is -0.368 e. The lowest BCUT2D eigenvalue weighted by Crippen LogP contribution is -2.42. The van der Waals surface area contributed by atoms with Gasteiger partial charge in [-0.25, -0.2) is 4.39 Å². The topological polar surface area (TPSA) is 29.5 Å². The first kappa shape index (κ1) is 14.8. The van der Waals surface area contributed by atoms with E-state index in [2.05, 4.69) is 0 Å². The van der Waals surface area contributed by atoms with Crippen LogP contribution in [0.4, 0.5) is 4.39 Å². The molecule has 0 radical (unpaired) electrons. The van der Waals surface area contributed by atoms with Crippen LogP contribution in [0.3, 0.4) is 0 Å². The van der Waals surface area contributed by atoms with E-state index >= 15 is 0 Å². The second-order valence-corrected chi connectivity index (χ2v) is 6.16. The van der Waals surface area contributed by atoms with Crippen molar-refractivity contribution < 1.29 is 13.9 Å². The molecule has 0 bridgehead atoms. The molecule has 0 N–H and O–H groups in total. The molecule has 1 atom stereocenters. The Morgan fingerprint density at radius 3 is 2.76 bits per heavy atom. The number of amides is 1. The lowest BCUT2D eigenvalue weighted by molar-refractivity contribution is -0.147. The third-order valence-corrected chi connectivity index (χ3v) is 4.47. The van der Waals surface area contributed by atoms with Gasteiger partial charge in [-0.15, -0.1) is 0 Å². The van der Waals surface area contributed by atoms with Crippen molar-refractivity contribution in [2.75, 3.05) is 6.61 Å². The van der Waals surface area contributed by atoms with Gasteiger partial charge in [0.2, 0.25) is 0 Å². The van der Waals surface area contributed by atoms with Crippen LogP contribution in [-0.4, -0.2) is 29.6 Å². The fraction of sp³-hybridized carbons (Fsp3) is 0.562. The zero-order valence-electron chi connectivity index (χ0n) is 11.9. The van der Waals surface area contributed by atoms with Gasteiger partial charge in [0.05, 0.1) is 6.54 Å². The zero-order valence-corrected chi connectivity index (χ0v) is 12.6. The van der Waals surface area contributed by atoms with E-state index in [9.17, 15) is 9.18 Å². The Hall–Kier alpha value is -1.13. The second-order valence-electron chi connectivity index (χ2n) is 5.75. The van der Waals surface area contributed by atoms with Crippen LogP contribution in [0.5, 0.6) is 0 Å². The Morgan fingerprint density at radius 2 is 2.14 bits per heavy atom. The fourth-order valence-electron chi connectivity index (χ4n) is 2.75. The van der Waals surface area contributed by atoms with Crippen molar-refractivity contribution in [1.29, 1.82) is 0 Å². The number of ether oxygens (including phenoxy) is 1. The van der Waals surface area contributed by atoms with E-state index in [0.29, 0.717) is 17.2 Å². The third-order valence-electron chi connectivity index (χ3n) is 4.12. The van der Waals surface area contributed by atoms with Crippen LogP contribution in [-0.2, 0) is 16.1 Å². The van der Waals surface area contributed by atoms with Crippen LogP contribution in [0.1, 0.15) is 37.7 Å². The largest absolute Gasteiger partial charge is 0.368 e. The molecule has 2 fully saturated rings. The van der Waals surface area contributed by atoms with Gasteiger partial charge in [-0.3, -0.25) is 4.79 Å². The highest BCUT2D eigenvalue weighted by Gasteiger charge is 2.37. The molecule has 1 aliphatic carbocycles. The van der Waals surface area contributed by atoms with E-state index in [0.717, 1.165) is 32.1 Å². The number of carbonyl (C=O) groups is 1. The van der Waals surface area contributed by atoms with Crippen LogP contribution >= 0.6 is 11.6 Å². The molecule has 3 rings (SSSR count). The highest BCUT2D eigenvalue weighted by molar-refractivity contribution is 6.31. The molecule has 1 saturated heterocycles. The normalized spacial score (nSPS) is 22.1. The Kier molecular flexibility index (Phi) is 4.45. The van der Waals surface area contributed by atoms with Crippen molar-refractivity contribution in [2.24, 2.45) is 0 Å². The average Bonchev–Trinajstić information content (AvgIpc) is 3.32. The first-order valence-corrected chi connectivity index (χ1v) is 7.89. The van der Waals surface area contributed by atoms with E-state index in [1.165, 1.54) is 6.07 Å². The summed E-state index contributed by atoms with van der Waals surface area (Å²) < 4.78 is 19.5. The molecule has 0 aromatic heterocycles. The number of nitrogens with zero attached hydrogens (tertiary/aromatic N) is 1. The van der Waals surface area contributed by atoms with E-state index in [1.807, 2.05) is 0 Å². The molecular weight excluding hydrogens is 293 g/mol. The molecule has 1 aromatic carbocycles. The molecule has 0 spiro atoms. The van der Waals surface area contributed by atoms with Crippen molar-refractivity contribution >= 4 is 17.5 Å². The summed E-state index contributed by atoms with van der Waals surface area (Å²) in [6.07, 6.45) is 4.36. The lowest BCUT2D eigenvalue weighted by Gasteiger charge is -2.30. The van der Waals surface area contributed by atoms with Gasteiger partial charge in [-0.1, -0.05) is 17.7 Å². The fourth-order valence-corrected chi connectivity index (χ4v) is 2.97. The summed E-state index contributed by atoms with van der Waals surface area (Å²) in [6.45, 7) is 0.865. The maximum atomic E-state index is 13.9. The van der Waals surface area contributed by atoms with Gasteiger partial charge in [-0.05, 0) is 44.2 Å². The highest BCUT2D eigenvalue weighted by Crippen LogP contribution is 2.32. The zero-order chi connectivity index (χ0) is 14.8. The summed E-state index contributed by atoms with van der Waals surface area (Å²) in [5, 5.41) is 0.373. The SMILES string of the molecule is O=C(C1CCCCO1)N(Cc1c(F)cccc1Cl)C1CC1. The minimum absolute atomic E-state index is 0.0171. The van der Waals surface area contributed by atoms with Gasteiger partial charge in [0, 0.05) is 23.2 Å². The molecule has 114 valence electrons. The van der Waals surface area contributed by atoms with Gasteiger partial charge in [-0.2, -0.15) is 0 Å². The summed E-state index contributed by atoms with van der Waals surface area (Å²) in [4.78, 5) is 14.4. The molecule has 1 aromatic rings. The van der Waals surface area contributed by atoms with E-state index in [-0.39, 0.29) is 30.4 Å². The predicted molar refractivity (Wildman–Crippen MR) is 78.6 cm³/mol. The molecule has 1 heterocycles. The van der Waals surface area contributed by atoms with Gasteiger partial charge in [0.25, 0.3) is 5.91 Å². The van der Waals surface area contributed by atoms with Gasteiger partial charge < -0.3 is 9.64 Å². The maximum absolute atomic E-state index is 13.9. The van der Waals surface area contributed by atoms with Gasteiger partial charge in [0.1, 0.15) is 11.9 Å². The van der Waals surface area contributed by atoms with Crippen molar-refractivity contribution in [2.45, 2.75) is 50.8 Å². The number of rotatable bonds is 4. The molecule has 21 heavy (non-hydrogen) atoms. The lowest BCUT2D eigenvalue weighted by atomic mass is 10.1. The molecule has 2 aliphatic rings. The summed E-state index contributed by atoms with van der Waals surface area (Å²) in [5.41, 5.74) is 0.398. The minimum atomic E-state index is -0.370. The molecule has 1 unspecified atom stereocenters. The highest BCUT2D eigenvalue weighted by atomic mass is 35.5. The molecule has 1 saturated carbocycles. The average molecular weight is 312 g/mol. The van der Waals surface area contributed by atoms with Crippen LogP contribution < -0.4 is 0 Å². The summed E-state index contributed by atoms with van der Waals surface area (Å²) in [5.74, 6) is -0.373. The van der Waals surface area contributed by atoms with Crippen LogP contribution in [0.25, 0.3) is 0 Å². The van der Waals surface area contributed by atoms with Crippen molar-refractivity contribution in [3.8, 4) is 0 Å². The van der Waals surface area contributed by atoms with Crippen molar-refractivity contribution in [3.63, 3.8) is 0 Å². The van der Waals surface area contributed by atoms with Crippen molar-refractivity contribution in [1.82, 2.24) is 4.90 Å². The Labute approximate surface area is 129 Å². The first-order valence-electron chi connectivity index (χ1n) is 7.52. The standard InChI is InChI=1S/C16H19ClFNO2/c17-13-4-3-5-14(18)12(13)10-19(11-7-8-11)16(20)15-6-1-2-9-21-15/h3-5,11,15H,1-2,6-10H2. The summed E-state index contributed by atoms with van der Waals surface area (Å²) in [7, 11) is 0. The Morgan fingerprint density at radius 1 is 1.33 bits per heavy atom. The van der Waals surface area contributed by atoms with Crippen LogP contribution in [0, 0.1) is 5.82 Å². The predicted octanol–water partition coefficient (Wildman–Crippen LogP) is 3.54. The first-order chi connectivity index (χ1) is 10.2. The van der Waals surface area contributed by atoms with E-state index in [4.69, 9.17) is 16.3 Å². The molecule has 1 aliphatic heterocycles. The number of hydrogen-bond acceptors (Lipinski definition) is 2. The second kappa shape index (κ2) is 6.32. The number of carbonyl (C=O) groups excluding carboxylic acids is 1. The quantitative estimate of drug-likeness (QED) is 0.851. The van der Waals surface area contributed by atoms with E-state index in [1.54, 1.807) is 17.0 Å². The number of hydrogen-bond donors (Lipinski definition) is 0. The van der Waals surface area contributed by atoms with E-state index < -0.39 is 0 Å². The Balaban J connectivity index is 1.77. The number of halogens is 2. The Bertz CT molecular complexity index is 507. The summed E-state index contributed by atoms with van der Waals surface area (Å²) >= 11 is 6.08. The summed E-state index contributed by atoms with van der Waals surface area (Å²) in [6, 6.07) is 4.83.